The minimum atomic E-state index is -0.473. The number of benzene rings is 1. The minimum Gasteiger partial charge on any atom is -0.398 e. The van der Waals surface area contributed by atoms with Crippen LogP contribution in [-0.4, -0.2) is 35.1 Å². The van der Waals surface area contributed by atoms with Gasteiger partial charge in [-0.05, 0) is 38.0 Å². The van der Waals surface area contributed by atoms with E-state index in [4.69, 9.17) is 16.6 Å². The highest BCUT2D eigenvalue weighted by atomic mass is 16.3. The van der Waals surface area contributed by atoms with E-state index in [1.807, 2.05) is 6.07 Å². The summed E-state index contributed by atoms with van der Waals surface area (Å²) in [5.41, 5.74) is 13.1. The van der Waals surface area contributed by atoms with E-state index in [1.165, 1.54) is 0 Å². The zero-order valence-corrected chi connectivity index (χ0v) is 11.6. The average molecular weight is 265 g/mol. The van der Waals surface area contributed by atoms with Gasteiger partial charge in [-0.15, -0.1) is 0 Å². The van der Waals surface area contributed by atoms with Crippen LogP contribution in [0.2, 0.25) is 0 Å². The van der Waals surface area contributed by atoms with Crippen LogP contribution in [0.25, 0.3) is 0 Å². The SMILES string of the molecule is CC(C)N(CCCO)Cc1ccc(C(N)=O)cc1N. The van der Waals surface area contributed by atoms with Crippen molar-refractivity contribution in [3.8, 4) is 0 Å². The molecule has 0 aliphatic heterocycles. The van der Waals surface area contributed by atoms with Crippen LogP contribution in [0.4, 0.5) is 5.69 Å². The standard InChI is InChI=1S/C14H23N3O2/c1-10(2)17(6-3-7-18)9-12-5-4-11(14(16)19)8-13(12)15/h4-5,8,10,18H,3,6-7,9,15H2,1-2H3,(H2,16,19). The fraction of sp³-hybridized carbons (Fsp3) is 0.500. The van der Waals surface area contributed by atoms with Gasteiger partial charge in [-0.2, -0.15) is 0 Å². The van der Waals surface area contributed by atoms with E-state index in [9.17, 15) is 4.79 Å². The van der Waals surface area contributed by atoms with Gasteiger partial charge in [-0.1, -0.05) is 6.07 Å². The first kappa shape index (κ1) is 15.5. The molecule has 0 spiro atoms. The molecule has 5 heteroatoms. The predicted molar refractivity (Wildman–Crippen MR) is 76.6 cm³/mol. The largest absolute Gasteiger partial charge is 0.398 e. The number of nitrogens with two attached hydrogens (primary N) is 2. The number of hydrogen-bond acceptors (Lipinski definition) is 4. The first-order chi connectivity index (χ1) is 8.95. The maximum Gasteiger partial charge on any atom is 0.248 e. The van der Waals surface area contributed by atoms with Crippen LogP contribution in [-0.2, 0) is 6.54 Å². The fourth-order valence-electron chi connectivity index (χ4n) is 1.90. The van der Waals surface area contributed by atoms with Gasteiger partial charge in [0, 0.05) is 37.0 Å². The number of aliphatic hydroxyl groups excluding tert-OH is 1. The van der Waals surface area contributed by atoms with E-state index in [2.05, 4.69) is 18.7 Å². The lowest BCUT2D eigenvalue weighted by molar-refractivity contribution is 0.1000. The topological polar surface area (TPSA) is 92.6 Å². The van der Waals surface area contributed by atoms with Crippen molar-refractivity contribution in [1.29, 1.82) is 0 Å². The van der Waals surface area contributed by atoms with Crippen LogP contribution >= 0.6 is 0 Å². The second-order valence-corrected chi connectivity index (χ2v) is 4.92. The van der Waals surface area contributed by atoms with Crippen molar-refractivity contribution >= 4 is 11.6 Å². The number of aliphatic hydroxyl groups is 1. The van der Waals surface area contributed by atoms with E-state index >= 15 is 0 Å². The number of rotatable bonds is 7. The van der Waals surface area contributed by atoms with Gasteiger partial charge in [0.05, 0.1) is 0 Å². The molecule has 0 bridgehead atoms. The zero-order valence-electron chi connectivity index (χ0n) is 11.6. The molecule has 0 fully saturated rings. The van der Waals surface area contributed by atoms with Gasteiger partial charge in [0.25, 0.3) is 0 Å². The molecular weight excluding hydrogens is 242 g/mol. The Balaban J connectivity index is 2.81. The van der Waals surface area contributed by atoms with Gasteiger partial charge in [-0.25, -0.2) is 0 Å². The molecule has 0 aliphatic rings. The third-order valence-electron chi connectivity index (χ3n) is 3.14. The van der Waals surface area contributed by atoms with Crippen LogP contribution in [0.5, 0.6) is 0 Å². The predicted octanol–water partition coefficient (Wildman–Crippen LogP) is 0.961. The monoisotopic (exact) mass is 265 g/mol. The minimum absolute atomic E-state index is 0.180. The Morgan fingerprint density at radius 3 is 2.58 bits per heavy atom. The van der Waals surface area contributed by atoms with E-state index in [0.29, 0.717) is 23.8 Å². The summed E-state index contributed by atoms with van der Waals surface area (Å²) in [7, 11) is 0. The molecule has 106 valence electrons. The van der Waals surface area contributed by atoms with Gasteiger partial charge < -0.3 is 16.6 Å². The number of hydrogen-bond donors (Lipinski definition) is 3. The Labute approximate surface area is 114 Å². The molecule has 1 rings (SSSR count). The Morgan fingerprint density at radius 1 is 1.42 bits per heavy atom. The maximum atomic E-state index is 11.1. The number of anilines is 1. The lowest BCUT2D eigenvalue weighted by Gasteiger charge is -2.26. The summed E-state index contributed by atoms with van der Waals surface area (Å²) in [5, 5.41) is 8.91. The molecule has 0 aliphatic carbocycles. The third kappa shape index (κ3) is 4.54. The average Bonchev–Trinajstić information content (AvgIpc) is 2.35. The van der Waals surface area contributed by atoms with Gasteiger partial charge >= 0.3 is 0 Å². The van der Waals surface area contributed by atoms with Crippen molar-refractivity contribution in [3.05, 3.63) is 29.3 Å². The number of carbonyl (C=O) groups excluding carboxylic acids is 1. The van der Waals surface area contributed by atoms with Gasteiger partial charge in [0.1, 0.15) is 0 Å². The summed E-state index contributed by atoms with van der Waals surface area (Å²) in [6, 6.07) is 5.51. The van der Waals surface area contributed by atoms with Gasteiger partial charge in [0.15, 0.2) is 0 Å². The molecule has 1 aromatic rings. The molecule has 0 heterocycles. The number of nitrogen functional groups attached to an aromatic ring is 1. The molecular formula is C14H23N3O2. The van der Waals surface area contributed by atoms with Crippen molar-refractivity contribution in [2.24, 2.45) is 5.73 Å². The highest BCUT2D eigenvalue weighted by molar-refractivity contribution is 5.93. The molecule has 0 atom stereocenters. The molecule has 0 saturated carbocycles. The highest BCUT2D eigenvalue weighted by Crippen LogP contribution is 2.17. The van der Waals surface area contributed by atoms with Crippen LogP contribution in [0.3, 0.4) is 0 Å². The number of amides is 1. The first-order valence-corrected chi connectivity index (χ1v) is 6.48. The molecule has 5 nitrogen and oxygen atoms in total. The van der Waals surface area contributed by atoms with Crippen molar-refractivity contribution in [2.75, 3.05) is 18.9 Å². The van der Waals surface area contributed by atoms with Crippen molar-refractivity contribution < 1.29 is 9.90 Å². The molecule has 5 N–H and O–H groups in total. The van der Waals surface area contributed by atoms with Gasteiger partial charge in [0.2, 0.25) is 5.91 Å². The quantitative estimate of drug-likeness (QED) is 0.640. The van der Waals surface area contributed by atoms with Crippen LogP contribution in [0.15, 0.2) is 18.2 Å². The number of primary amides is 1. The summed E-state index contributed by atoms with van der Waals surface area (Å²) >= 11 is 0. The molecule has 0 radical (unpaired) electrons. The smallest absolute Gasteiger partial charge is 0.248 e. The summed E-state index contributed by atoms with van der Waals surface area (Å²) in [4.78, 5) is 13.3. The van der Waals surface area contributed by atoms with Crippen molar-refractivity contribution in [3.63, 3.8) is 0 Å². The highest BCUT2D eigenvalue weighted by Gasteiger charge is 2.12. The number of nitrogens with zero attached hydrogens (tertiary/aromatic N) is 1. The summed E-state index contributed by atoms with van der Waals surface area (Å²) in [6.45, 7) is 5.89. The maximum absolute atomic E-state index is 11.1. The van der Waals surface area contributed by atoms with Crippen LogP contribution in [0, 0.1) is 0 Å². The summed E-state index contributed by atoms with van der Waals surface area (Å²) < 4.78 is 0. The summed E-state index contributed by atoms with van der Waals surface area (Å²) in [6.07, 6.45) is 0.734. The summed E-state index contributed by atoms with van der Waals surface area (Å²) in [5.74, 6) is -0.473. The Hall–Kier alpha value is -1.59. The Kier molecular flexibility index (Phi) is 5.79. The molecule has 1 amide bonds. The first-order valence-electron chi connectivity index (χ1n) is 6.48. The third-order valence-corrected chi connectivity index (χ3v) is 3.14. The van der Waals surface area contributed by atoms with E-state index in [-0.39, 0.29) is 6.61 Å². The normalized spacial score (nSPS) is 11.2. The van der Waals surface area contributed by atoms with Gasteiger partial charge in [-0.3, -0.25) is 9.69 Å². The fourth-order valence-corrected chi connectivity index (χ4v) is 1.90. The lowest BCUT2D eigenvalue weighted by Crippen LogP contribution is -2.32. The number of carbonyl (C=O) groups is 1. The van der Waals surface area contributed by atoms with E-state index < -0.39 is 5.91 Å². The van der Waals surface area contributed by atoms with Crippen molar-refractivity contribution in [1.82, 2.24) is 4.90 Å². The Morgan fingerprint density at radius 2 is 2.11 bits per heavy atom. The lowest BCUT2D eigenvalue weighted by atomic mass is 10.1. The molecule has 0 aromatic heterocycles. The zero-order chi connectivity index (χ0) is 14.4. The van der Waals surface area contributed by atoms with Crippen molar-refractivity contribution in [2.45, 2.75) is 32.9 Å². The molecule has 1 aromatic carbocycles. The second kappa shape index (κ2) is 7.11. The molecule has 0 unspecified atom stereocenters. The second-order valence-electron chi connectivity index (χ2n) is 4.92. The Bertz CT molecular complexity index is 433. The van der Waals surface area contributed by atoms with E-state index in [0.717, 1.165) is 18.5 Å². The van der Waals surface area contributed by atoms with Crippen LogP contribution in [0.1, 0.15) is 36.2 Å². The van der Waals surface area contributed by atoms with E-state index in [1.54, 1.807) is 12.1 Å². The van der Waals surface area contributed by atoms with Crippen LogP contribution < -0.4 is 11.5 Å². The molecule has 19 heavy (non-hydrogen) atoms. The molecule has 0 saturated heterocycles.